The zero-order valence-corrected chi connectivity index (χ0v) is 9.04. The Kier molecular flexibility index (Phi) is 2.95. The van der Waals surface area contributed by atoms with Crippen molar-refractivity contribution in [3.63, 3.8) is 0 Å². The normalized spacial score (nSPS) is 10.1. The van der Waals surface area contributed by atoms with E-state index in [0.29, 0.717) is 11.6 Å². The van der Waals surface area contributed by atoms with Gasteiger partial charge in [-0.05, 0) is 17.7 Å². The first-order chi connectivity index (χ1) is 7.75. The van der Waals surface area contributed by atoms with Gasteiger partial charge in [0.25, 0.3) is 0 Å². The minimum atomic E-state index is 0.570. The van der Waals surface area contributed by atoms with Crippen LogP contribution in [0.15, 0.2) is 36.9 Å². The lowest BCUT2D eigenvalue weighted by molar-refractivity contribution is 0.865. The fraction of sp³-hybridized carbons (Fsp3) is 0.182. The standard InChI is InChI=1S/C11H13N5/c1-16(8-9-2-4-13-5-3-9)11-14-6-10(12)7-15-11/h2-7H,8,12H2,1H3. The molecular weight excluding hydrogens is 202 g/mol. The van der Waals surface area contributed by atoms with E-state index in [4.69, 9.17) is 5.73 Å². The van der Waals surface area contributed by atoms with Crippen LogP contribution in [-0.4, -0.2) is 22.0 Å². The maximum atomic E-state index is 5.53. The summed E-state index contributed by atoms with van der Waals surface area (Å²) < 4.78 is 0. The summed E-state index contributed by atoms with van der Waals surface area (Å²) in [5, 5.41) is 0. The molecule has 0 bridgehead atoms. The fourth-order valence-electron chi connectivity index (χ4n) is 1.36. The van der Waals surface area contributed by atoms with Gasteiger partial charge in [0.15, 0.2) is 0 Å². The lowest BCUT2D eigenvalue weighted by Crippen LogP contribution is -2.19. The highest BCUT2D eigenvalue weighted by Crippen LogP contribution is 2.09. The summed E-state index contributed by atoms with van der Waals surface area (Å²) >= 11 is 0. The first kappa shape index (κ1) is 10.4. The molecule has 2 rings (SSSR count). The fourth-order valence-corrected chi connectivity index (χ4v) is 1.36. The zero-order valence-electron chi connectivity index (χ0n) is 9.04. The molecule has 0 aliphatic rings. The van der Waals surface area contributed by atoms with Crippen molar-refractivity contribution in [2.75, 3.05) is 17.7 Å². The van der Waals surface area contributed by atoms with Crippen molar-refractivity contribution in [1.82, 2.24) is 15.0 Å². The lowest BCUT2D eigenvalue weighted by Gasteiger charge is -2.16. The smallest absolute Gasteiger partial charge is 0.225 e. The Morgan fingerprint density at radius 1 is 1.19 bits per heavy atom. The van der Waals surface area contributed by atoms with E-state index < -0.39 is 0 Å². The van der Waals surface area contributed by atoms with Gasteiger partial charge in [-0.25, -0.2) is 9.97 Å². The number of hydrogen-bond acceptors (Lipinski definition) is 5. The summed E-state index contributed by atoms with van der Waals surface area (Å²) in [6.45, 7) is 0.742. The van der Waals surface area contributed by atoms with Gasteiger partial charge in [0.05, 0.1) is 18.1 Å². The summed E-state index contributed by atoms with van der Waals surface area (Å²) in [6.07, 6.45) is 6.75. The molecule has 0 spiro atoms. The molecule has 16 heavy (non-hydrogen) atoms. The zero-order chi connectivity index (χ0) is 11.4. The van der Waals surface area contributed by atoms with Crippen molar-refractivity contribution in [2.45, 2.75) is 6.54 Å². The second-order valence-corrected chi connectivity index (χ2v) is 3.53. The Bertz CT molecular complexity index is 440. The molecule has 2 heterocycles. The first-order valence-electron chi connectivity index (χ1n) is 4.93. The van der Waals surface area contributed by atoms with Gasteiger partial charge >= 0.3 is 0 Å². The van der Waals surface area contributed by atoms with Gasteiger partial charge < -0.3 is 10.6 Å². The molecule has 2 aromatic heterocycles. The molecule has 5 nitrogen and oxygen atoms in total. The van der Waals surface area contributed by atoms with Crippen LogP contribution in [0.2, 0.25) is 0 Å². The predicted molar refractivity (Wildman–Crippen MR) is 62.8 cm³/mol. The van der Waals surface area contributed by atoms with Gasteiger partial charge in [-0.1, -0.05) is 0 Å². The Morgan fingerprint density at radius 2 is 1.81 bits per heavy atom. The van der Waals surface area contributed by atoms with E-state index in [9.17, 15) is 0 Å². The molecule has 5 heteroatoms. The number of pyridine rings is 1. The molecule has 0 aromatic carbocycles. The molecule has 2 aromatic rings. The summed E-state index contributed by atoms with van der Waals surface area (Å²) in [5.41, 5.74) is 7.26. The van der Waals surface area contributed by atoms with Crippen molar-refractivity contribution >= 4 is 11.6 Å². The Hall–Kier alpha value is -2.17. The largest absolute Gasteiger partial charge is 0.396 e. The van der Waals surface area contributed by atoms with Crippen LogP contribution >= 0.6 is 0 Å². The maximum Gasteiger partial charge on any atom is 0.225 e. The number of anilines is 2. The van der Waals surface area contributed by atoms with Crippen molar-refractivity contribution in [1.29, 1.82) is 0 Å². The molecule has 0 fully saturated rings. The third-order valence-corrected chi connectivity index (χ3v) is 2.17. The Morgan fingerprint density at radius 3 is 2.44 bits per heavy atom. The van der Waals surface area contributed by atoms with Gasteiger partial charge in [-0.2, -0.15) is 0 Å². The quantitative estimate of drug-likeness (QED) is 0.830. The van der Waals surface area contributed by atoms with Crippen molar-refractivity contribution in [3.8, 4) is 0 Å². The highest BCUT2D eigenvalue weighted by molar-refractivity contribution is 5.37. The minimum absolute atomic E-state index is 0.570. The highest BCUT2D eigenvalue weighted by atomic mass is 15.2. The van der Waals surface area contributed by atoms with Crippen LogP contribution in [0.1, 0.15) is 5.56 Å². The summed E-state index contributed by atoms with van der Waals surface area (Å²) in [4.78, 5) is 14.2. The van der Waals surface area contributed by atoms with Gasteiger partial charge in [0.2, 0.25) is 5.95 Å². The number of nitrogens with two attached hydrogens (primary N) is 1. The van der Waals surface area contributed by atoms with Crippen molar-refractivity contribution < 1.29 is 0 Å². The highest BCUT2D eigenvalue weighted by Gasteiger charge is 2.04. The van der Waals surface area contributed by atoms with Crippen molar-refractivity contribution in [3.05, 3.63) is 42.5 Å². The average molecular weight is 215 g/mol. The van der Waals surface area contributed by atoms with Gasteiger partial charge in [-0.15, -0.1) is 0 Å². The molecule has 82 valence electrons. The van der Waals surface area contributed by atoms with E-state index in [1.807, 2.05) is 24.1 Å². The van der Waals surface area contributed by atoms with Crippen LogP contribution in [0, 0.1) is 0 Å². The summed E-state index contributed by atoms with van der Waals surface area (Å²) in [6, 6.07) is 3.93. The summed E-state index contributed by atoms with van der Waals surface area (Å²) in [7, 11) is 1.94. The van der Waals surface area contributed by atoms with Crippen LogP contribution < -0.4 is 10.6 Å². The van der Waals surface area contributed by atoms with Gasteiger partial charge in [0.1, 0.15) is 0 Å². The second-order valence-electron chi connectivity index (χ2n) is 3.53. The monoisotopic (exact) mass is 215 g/mol. The topological polar surface area (TPSA) is 67.9 Å². The maximum absolute atomic E-state index is 5.53. The van der Waals surface area contributed by atoms with Crippen LogP contribution in [0.5, 0.6) is 0 Å². The van der Waals surface area contributed by atoms with Crippen LogP contribution in [0.3, 0.4) is 0 Å². The van der Waals surface area contributed by atoms with E-state index in [-0.39, 0.29) is 0 Å². The third kappa shape index (κ3) is 2.44. The molecule has 0 atom stereocenters. The van der Waals surface area contributed by atoms with Crippen molar-refractivity contribution in [2.24, 2.45) is 0 Å². The molecule has 0 saturated heterocycles. The molecule has 0 aliphatic heterocycles. The number of aromatic nitrogens is 3. The number of rotatable bonds is 3. The SMILES string of the molecule is CN(Cc1ccncc1)c1ncc(N)cn1. The van der Waals surface area contributed by atoms with Gasteiger partial charge in [-0.3, -0.25) is 4.98 Å². The molecule has 0 aliphatic carbocycles. The lowest BCUT2D eigenvalue weighted by atomic mass is 10.2. The molecule has 0 radical (unpaired) electrons. The number of nitrogen functional groups attached to an aromatic ring is 1. The van der Waals surface area contributed by atoms with Crippen LogP contribution in [-0.2, 0) is 6.54 Å². The van der Waals surface area contributed by atoms with E-state index in [2.05, 4.69) is 15.0 Å². The number of nitrogens with zero attached hydrogens (tertiary/aromatic N) is 4. The molecule has 0 saturated carbocycles. The average Bonchev–Trinajstić information content (AvgIpc) is 2.31. The molecule has 0 amide bonds. The molecule has 0 unspecified atom stereocenters. The Labute approximate surface area is 94.0 Å². The molecule has 2 N–H and O–H groups in total. The third-order valence-electron chi connectivity index (χ3n) is 2.17. The second kappa shape index (κ2) is 4.57. The predicted octanol–water partition coefficient (Wildman–Crippen LogP) is 1.09. The van der Waals surface area contributed by atoms with Crippen LogP contribution in [0.25, 0.3) is 0 Å². The van der Waals surface area contributed by atoms with E-state index in [1.165, 1.54) is 0 Å². The Balaban J connectivity index is 2.09. The summed E-state index contributed by atoms with van der Waals surface area (Å²) in [5.74, 6) is 0.658. The number of hydrogen-bond donors (Lipinski definition) is 1. The first-order valence-corrected chi connectivity index (χ1v) is 4.93. The van der Waals surface area contributed by atoms with Crippen LogP contribution in [0.4, 0.5) is 11.6 Å². The van der Waals surface area contributed by atoms with E-state index >= 15 is 0 Å². The van der Waals surface area contributed by atoms with E-state index in [0.717, 1.165) is 12.1 Å². The minimum Gasteiger partial charge on any atom is -0.396 e. The van der Waals surface area contributed by atoms with E-state index in [1.54, 1.807) is 24.8 Å². The molecular formula is C11H13N5. The van der Waals surface area contributed by atoms with Gasteiger partial charge in [0, 0.05) is 26.0 Å².